The highest BCUT2D eigenvalue weighted by molar-refractivity contribution is 6.04. The fourth-order valence-electron chi connectivity index (χ4n) is 3.22. The average molecular weight is 529 g/mol. The zero-order valence-electron chi connectivity index (χ0n) is 21.6. The Labute approximate surface area is 216 Å². The maximum Gasteiger partial charge on any atom is 0.255 e. The SMILES string of the molecule is C=C.C=O.C=O.CN1CCCC(C)(O)CC1.Cc1cc(C(=O)Nc2cc(F)c(F)c(F)c2)ccc1CF. The van der Waals surface area contributed by atoms with Crippen LogP contribution in [0.25, 0.3) is 0 Å². The molecule has 1 unspecified atom stereocenters. The molecule has 0 radical (unpaired) electrons. The molecule has 3 rings (SSSR count). The number of anilines is 1. The van der Waals surface area contributed by atoms with Gasteiger partial charge < -0.3 is 24.9 Å². The van der Waals surface area contributed by atoms with Gasteiger partial charge in [-0.25, -0.2) is 17.6 Å². The summed E-state index contributed by atoms with van der Waals surface area (Å²) in [6.45, 7) is 15.1. The highest BCUT2D eigenvalue weighted by Crippen LogP contribution is 2.20. The number of amides is 1. The molecule has 0 aromatic heterocycles. The van der Waals surface area contributed by atoms with E-state index in [-0.39, 0.29) is 11.3 Å². The standard InChI is InChI=1S/C15H11F4NO.C8H17NO.C2H4.2CH2O/c1-8-4-9(2-3-10(8)7-16)15(21)20-11-5-12(17)14(19)13(18)6-11;1-8(10)4-3-6-9(2)7-5-8;3*1-2/h2-6H,7H2,1H3,(H,20,21);10H,3-7H2,1-2H3;1-2H2;2*1H2. The van der Waals surface area contributed by atoms with Crippen LogP contribution in [0.3, 0.4) is 0 Å². The number of rotatable bonds is 3. The highest BCUT2D eigenvalue weighted by atomic mass is 19.2. The minimum absolute atomic E-state index is 0.204. The van der Waals surface area contributed by atoms with E-state index in [9.17, 15) is 27.5 Å². The molecule has 6 nitrogen and oxygen atoms in total. The fourth-order valence-corrected chi connectivity index (χ4v) is 3.22. The van der Waals surface area contributed by atoms with E-state index in [2.05, 4.69) is 30.4 Å². The van der Waals surface area contributed by atoms with Gasteiger partial charge in [-0.1, -0.05) is 6.07 Å². The number of aryl methyl sites for hydroxylation is 1. The van der Waals surface area contributed by atoms with Crippen LogP contribution < -0.4 is 5.32 Å². The Bertz CT molecular complexity index is 946. The monoisotopic (exact) mass is 528 g/mol. The van der Waals surface area contributed by atoms with Gasteiger partial charge in [-0.3, -0.25) is 4.79 Å². The Hall–Kier alpha value is -3.37. The van der Waals surface area contributed by atoms with Gasteiger partial charge in [-0.05, 0) is 70.0 Å². The van der Waals surface area contributed by atoms with Crippen LogP contribution in [0, 0.1) is 24.4 Å². The first kappa shape index (κ1) is 35.8. The predicted molar refractivity (Wildman–Crippen MR) is 138 cm³/mol. The van der Waals surface area contributed by atoms with E-state index in [0.29, 0.717) is 23.3 Å². The lowest BCUT2D eigenvalue weighted by atomic mass is 9.98. The van der Waals surface area contributed by atoms with Gasteiger partial charge in [0.05, 0.1) is 5.60 Å². The molecule has 0 spiro atoms. The number of likely N-dealkylation sites (tertiary alicyclic amines) is 1. The number of hydrogen-bond donors (Lipinski definition) is 2. The molecule has 1 atom stereocenters. The Balaban J connectivity index is 0. The molecule has 206 valence electrons. The van der Waals surface area contributed by atoms with Crippen molar-refractivity contribution >= 4 is 25.2 Å². The molecule has 0 bridgehead atoms. The van der Waals surface area contributed by atoms with Crippen LogP contribution in [0.15, 0.2) is 43.5 Å². The lowest BCUT2D eigenvalue weighted by Gasteiger charge is -2.20. The average Bonchev–Trinajstić information content (AvgIpc) is 3.05. The van der Waals surface area contributed by atoms with Crippen LogP contribution in [0.5, 0.6) is 0 Å². The molecule has 2 aromatic carbocycles. The van der Waals surface area contributed by atoms with Crippen molar-refractivity contribution in [1.29, 1.82) is 0 Å². The normalized spacial score (nSPS) is 16.4. The van der Waals surface area contributed by atoms with E-state index in [0.717, 1.165) is 32.4 Å². The summed E-state index contributed by atoms with van der Waals surface area (Å²) in [5, 5.41) is 11.9. The van der Waals surface area contributed by atoms with E-state index < -0.39 is 35.6 Å². The second-order valence-electron chi connectivity index (χ2n) is 8.14. The van der Waals surface area contributed by atoms with Gasteiger partial charge in [0.25, 0.3) is 5.91 Å². The first-order valence-electron chi connectivity index (χ1n) is 11.1. The summed E-state index contributed by atoms with van der Waals surface area (Å²) in [5.74, 6) is -5.02. The van der Waals surface area contributed by atoms with E-state index in [4.69, 9.17) is 9.59 Å². The maximum atomic E-state index is 13.0. The van der Waals surface area contributed by atoms with Crippen molar-refractivity contribution in [3.05, 3.63) is 77.6 Å². The molecule has 1 amide bonds. The molecule has 2 aromatic rings. The van der Waals surface area contributed by atoms with Crippen molar-refractivity contribution in [1.82, 2.24) is 4.90 Å². The molecule has 10 heteroatoms. The van der Waals surface area contributed by atoms with Crippen LogP contribution in [-0.4, -0.2) is 55.2 Å². The lowest BCUT2D eigenvalue weighted by molar-refractivity contribution is -0.0987. The molecular weight excluding hydrogens is 492 g/mol. The third kappa shape index (κ3) is 12.9. The lowest BCUT2D eigenvalue weighted by Crippen LogP contribution is -2.26. The van der Waals surface area contributed by atoms with Crippen molar-refractivity contribution in [2.24, 2.45) is 0 Å². The number of carbonyl (C=O) groups excluding carboxylic acids is 3. The van der Waals surface area contributed by atoms with Crippen molar-refractivity contribution in [3.8, 4) is 0 Å². The number of nitrogens with zero attached hydrogens (tertiary/aromatic N) is 1. The van der Waals surface area contributed by atoms with Crippen LogP contribution in [0.2, 0.25) is 0 Å². The van der Waals surface area contributed by atoms with Crippen LogP contribution >= 0.6 is 0 Å². The van der Waals surface area contributed by atoms with Gasteiger partial charge in [0.2, 0.25) is 0 Å². The largest absolute Gasteiger partial charge is 0.390 e. The van der Waals surface area contributed by atoms with Crippen molar-refractivity contribution in [2.45, 2.75) is 45.4 Å². The summed E-state index contributed by atoms with van der Waals surface area (Å²) in [5.41, 5.74) is 0.635. The minimum Gasteiger partial charge on any atom is -0.390 e. The molecule has 1 heterocycles. The molecule has 1 aliphatic heterocycles. The second-order valence-corrected chi connectivity index (χ2v) is 8.14. The number of halogens is 4. The summed E-state index contributed by atoms with van der Waals surface area (Å²) in [6.07, 6.45) is 3.00. The van der Waals surface area contributed by atoms with E-state index >= 15 is 0 Å². The van der Waals surface area contributed by atoms with Gasteiger partial charge in [-0.15, -0.1) is 13.2 Å². The molecule has 1 fully saturated rings. The first-order chi connectivity index (χ1) is 17.5. The van der Waals surface area contributed by atoms with Crippen molar-refractivity contribution < 1.29 is 37.1 Å². The number of benzene rings is 2. The number of carbonyl (C=O) groups is 3. The van der Waals surface area contributed by atoms with Gasteiger partial charge in [0.1, 0.15) is 20.3 Å². The highest BCUT2D eigenvalue weighted by Gasteiger charge is 2.23. The van der Waals surface area contributed by atoms with Crippen LogP contribution in [0.1, 0.15) is 47.7 Å². The molecule has 1 saturated heterocycles. The Kier molecular flexibility index (Phi) is 18.2. The summed E-state index contributed by atoms with van der Waals surface area (Å²) >= 11 is 0. The van der Waals surface area contributed by atoms with Crippen LogP contribution in [-0.2, 0) is 16.3 Å². The molecule has 37 heavy (non-hydrogen) atoms. The van der Waals surface area contributed by atoms with E-state index in [1.165, 1.54) is 18.2 Å². The predicted octanol–water partition coefficient (Wildman–Crippen LogP) is 5.42. The maximum absolute atomic E-state index is 13.0. The van der Waals surface area contributed by atoms with Gasteiger partial charge in [0.15, 0.2) is 17.5 Å². The zero-order chi connectivity index (χ0) is 29.2. The molecule has 2 N–H and O–H groups in total. The number of hydrogen-bond acceptors (Lipinski definition) is 5. The van der Waals surface area contributed by atoms with Crippen molar-refractivity contribution in [3.63, 3.8) is 0 Å². The molecule has 0 aliphatic carbocycles. The second kappa shape index (κ2) is 18.8. The third-order valence-corrected chi connectivity index (χ3v) is 5.28. The van der Waals surface area contributed by atoms with Gasteiger partial charge >= 0.3 is 0 Å². The van der Waals surface area contributed by atoms with E-state index in [1.807, 2.05) is 20.5 Å². The first-order valence-corrected chi connectivity index (χ1v) is 11.1. The molecular formula is C27H36F4N2O4. The van der Waals surface area contributed by atoms with Crippen LogP contribution in [0.4, 0.5) is 23.2 Å². The molecule has 1 aliphatic rings. The fraction of sp³-hybridized carbons (Fsp3) is 0.370. The Morgan fingerprint density at radius 2 is 1.57 bits per heavy atom. The topological polar surface area (TPSA) is 86.7 Å². The van der Waals surface area contributed by atoms with Gasteiger partial charge in [-0.2, -0.15) is 0 Å². The van der Waals surface area contributed by atoms with Gasteiger partial charge in [0, 0.05) is 29.9 Å². The summed E-state index contributed by atoms with van der Waals surface area (Å²) in [6, 6.07) is 5.67. The number of aliphatic hydroxyl groups is 1. The number of alkyl halides is 1. The smallest absolute Gasteiger partial charge is 0.255 e. The summed E-state index contributed by atoms with van der Waals surface area (Å²) in [7, 11) is 2.11. The minimum atomic E-state index is -1.60. The summed E-state index contributed by atoms with van der Waals surface area (Å²) in [4.78, 5) is 30.2. The Morgan fingerprint density at radius 1 is 1.03 bits per heavy atom. The summed E-state index contributed by atoms with van der Waals surface area (Å²) < 4.78 is 51.5. The Morgan fingerprint density at radius 3 is 2.05 bits per heavy atom. The third-order valence-electron chi connectivity index (χ3n) is 5.28. The molecule has 0 saturated carbocycles. The van der Waals surface area contributed by atoms with E-state index in [1.54, 1.807) is 6.92 Å². The van der Waals surface area contributed by atoms with Crippen molar-refractivity contribution in [2.75, 3.05) is 25.5 Å². The quantitative estimate of drug-likeness (QED) is 0.316. The zero-order valence-corrected chi connectivity index (χ0v) is 21.6. The number of nitrogens with one attached hydrogen (secondary N) is 1.